The van der Waals surface area contributed by atoms with Gasteiger partial charge in [0.1, 0.15) is 0 Å². The van der Waals surface area contributed by atoms with E-state index >= 15 is 0 Å². The van der Waals surface area contributed by atoms with Crippen molar-refractivity contribution < 1.29 is 0 Å². The van der Waals surface area contributed by atoms with Crippen LogP contribution in [0.15, 0.2) is 59.7 Å². The molecule has 25 heavy (non-hydrogen) atoms. The number of pyridine rings is 1. The van der Waals surface area contributed by atoms with Crippen LogP contribution in [0, 0.1) is 0 Å². The highest BCUT2D eigenvalue weighted by atomic mass is 35.5. The Labute approximate surface area is 153 Å². The maximum Gasteiger partial charge on any atom is 0.0745 e. The van der Waals surface area contributed by atoms with Gasteiger partial charge in [-0.2, -0.15) is 0 Å². The molecule has 1 aliphatic heterocycles. The Kier molecular flexibility index (Phi) is 3.52. The third-order valence-corrected chi connectivity index (χ3v) is 5.93. The molecule has 0 unspecified atom stereocenters. The van der Waals surface area contributed by atoms with Gasteiger partial charge in [-0.25, -0.2) is 0 Å². The lowest BCUT2D eigenvalue weighted by molar-refractivity contribution is 0.303. The zero-order chi connectivity index (χ0) is 17.8. The van der Waals surface area contributed by atoms with E-state index < -0.39 is 0 Å². The number of nitrogens with zero attached hydrogens (tertiary/aromatic N) is 2. The molecule has 0 radical (unpaired) electrons. The van der Waals surface area contributed by atoms with E-state index in [4.69, 9.17) is 16.6 Å². The van der Waals surface area contributed by atoms with E-state index in [-0.39, 0.29) is 11.0 Å². The predicted octanol–water partition coefficient (Wildman–Crippen LogP) is 5.80. The van der Waals surface area contributed by atoms with Crippen molar-refractivity contribution in [3.8, 4) is 0 Å². The molecule has 0 aliphatic carbocycles. The summed E-state index contributed by atoms with van der Waals surface area (Å²) in [5.74, 6) is 0. The van der Waals surface area contributed by atoms with Gasteiger partial charge in [0.25, 0.3) is 0 Å². The number of fused-ring (bicyclic) bond motifs is 2. The van der Waals surface area contributed by atoms with Gasteiger partial charge in [-0.15, -0.1) is 0 Å². The minimum atomic E-state index is -0.227. The Morgan fingerprint density at radius 1 is 0.920 bits per heavy atom. The fourth-order valence-electron chi connectivity index (χ4n) is 3.49. The average Bonchev–Trinajstić information content (AvgIpc) is 2.58. The standard InChI is InChI=1S/C22H21ClN2/c1-21(2)18-10-9-16(23)12-17(18)20(25-22(21,3)4)15-11-14-7-5-6-8-19(14)24-13-15/h5-13H,1-4H3. The smallest absolute Gasteiger partial charge is 0.0745 e. The van der Waals surface area contributed by atoms with Crippen molar-refractivity contribution in [2.75, 3.05) is 0 Å². The zero-order valence-electron chi connectivity index (χ0n) is 15.0. The first-order valence-electron chi connectivity index (χ1n) is 8.55. The number of hydrogen-bond donors (Lipinski definition) is 0. The highest BCUT2D eigenvalue weighted by Gasteiger charge is 2.43. The minimum Gasteiger partial charge on any atom is -0.277 e. The van der Waals surface area contributed by atoms with Gasteiger partial charge in [-0.1, -0.05) is 49.7 Å². The van der Waals surface area contributed by atoms with Gasteiger partial charge in [0.05, 0.1) is 16.8 Å². The van der Waals surface area contributed by atoms with E-state index in [1.165, 1.54) is 5.56 Å². The molecule has 0 saturated heterocycles. The lowest BCUT2D eigenvalue weighted by Crippen LogP contribution is -2.46. The third kappa shape index (κ3) is 2.47. The molecule has 0 atom stereocenters. The number of para-hydroxylation sites is 1. The number of rotatable bonds is 1. The zero-order valence-corrected chi connectivity index (χ0v) is 15.7. The minimum absolute atomic E-state index is 0.0826. The summed E-state index contributed by atoms with van der Waals surface area (Å²) in [6.07, 6.45) is 1.92. The fourth-order valence-corrected chi connectivity index (χ4v) is 3.66. The molecule has 0 saturated carbocycles. The summed E-state index contributed by atoms with van der Waals surface area (Å²) in [6, 6.07) is 16.5. The highest BCUT2D eigenvalue weighted by Crippen LogP contribution is 2.44. The summed E-state index contributed by atoms with van der Waals surface area (Å²) in [7, 11) is 0. The Balaban J connectivity index is 1.99. The van der Waals surface area contributed by atoms with Gasteiger partial charge in [0, 0.05) is 33.1 Å². The lowest BCUT2D eigenvalue weighted by atomic mass is 9.66. The van der Waals surface area contributed by atoms with E-state index in [2.05, 4.69) is 50.9 Å². The van der Waals surface area contributed by atoms with Crippen LogP contribution in [-0.4, -0.2) is 16.2 Å². The molecule has 0 fully saturated rings. The summed E-state index contributed by atoms with van der Waals surface area (Å²) in [5.41, 5.74) is 5.07. The Bertz CT molecular complexity index is 1020. The molecule has 0 N–H and O–H groups in total. The Morgan fingerprint density at radius 2 is 1.68 bits per heavy atom. The molecule has 3 heteroatoms. The van der Waals surface area contributed by atoms with Crippen LogP contribution in [0.4, 0.5) is 0 Å². The van der Waals surface area contributed by atoms with E-state index in [0.717, 1.165) is 32.8 Å². The van der Waals surface area contributed by atoms with Crippen LogP contribution in [-0.2, 0) is 5.41 Å². The second-order valence-electron chi connectivity index (χ2n) is 7.75. The van der Waals surface area contributed by atoms with Crippen molar-refractivity contribution in [1.29, 1.82) is 0 Å². The van der Waals surface area contributed by atoms with Crippen molar-refractivity contribution in [3.63, 3.8) is 0 Å². The van der Waals surface area contributed by atoms with Crippen molar-refractivity contribution >= 4 is 28.2 Å². The molecule has 0 bridgehead atoms. The number of hydrogen-bond acceptors (Lipinski definition) is 2. The summed E-state index contributed by atoms with van der Waals surface area (Å²) in [6.45, 7) is 8.88. The summed E-state index contributed by atoms with van der Waals surface area (Å²) in [5, 5.41) is 1.85. The van der Waals surface area contributed by atoms with E-state index in [1.54, 1.807) is 0 Å². The number of aromatic nitrogens is 1. The van der Waals surface area contributed by atoms with Crippen LogP contribution in [0.25, 0.3) is 10.9 Å². The first kappa shape index (κ1) is 16.3. The van der Waals surface area contributed by atoms with Crippen LogP contribution in [0.2, 0.25) is 5.02 Å². The molecule has 126 valence electrons. The molecule has 2 aromatic carbocycles. The largest absolute Gasteiger partial charge is 0.277 e. The van der Waals surface area contributed by atoms with E-state index in [0.29, 0.717) is 0 Å². The summed E-state index contributed by atoms with van der Waals surface area (Å²) in [4.78, 5) is 9.77. The highest BCUT2D eigenvalue weighted by molar-refractivity contribution is 6.31. The molecule has 4 rings (SSSR count). The first-order valence-corrected chi connectivity index (χ1v) is 8.93. The second-order valence-corrected chi connectivity index (χ2v) is 8.19. The topological polar surface area (TPSA) is 25.2 Å². The second kappa shape index (κ2) is 5.40. The Hall–Kier alpha value is -2.19. The van der Waals surface area contributed by atoms with Gasteiger partial charge >= 0.3 is 0 Å². The summed E-state index contributed by atoms with van der Waals surface area (Å²) < 4.78 is 0. The molecule has 0 spiro atoms. The van der Waals surface area contributed by atoms with Gasteiger partial charge in [-0.3, -0.25) is 9.98 Å². The lowest BCUT2D eigenvalue weighted by Gasteiger charge is -2.44. The molecular weight excluding hydrogens is 328 g/mol. The van der Waals surface area contributed by atoms with Crippen molar-refractivity contribution in [2.24, 2.45) is 4.99 Å². The van der Waals surface area contributed by atoms with Gasteiger partial charge < -0.3 is 0 Å². The number of aliphatic imine (C=N–C) groups is 1. The first-order chi connectivity index (χ1) is 11.8. The van der Waals surface area contributed by atoms with Crippen LogP contribution >= 0.6 is 11.6 Å². The number of halogens is 1. The third-order valence-electron chi connectivity index (χ3n) is 5.69. The van der Waals surface area contributed by atoms with Crippen LogP contribution < -0.4 is 0 Å². The molecule has 2 heterocycles. The molecule has 3 aromatic rings. The molecule has 2 nitrogen and oxygen atoms in total. The summed E-state index contributed by atoms with van der Waals surface area (Å²) >= 11 is 6.32. The van der Waals surface area contributed by atoms with Crippen LogP contribution in [0.1, 0.15) is 44.4 Å². The normalized spacial score (nSPS) is 17.9. The van der Waals surface area contributed by atoms with E-state index in [1.807, 2.05) is 36.5 Å². The van der Waals surface area contributed by atoms with Gasteiger partial charge in [0.15, 0.2) is 0 Å². The van der Waals surface area contributed by atoms with Crippen molar-refractivity contribution in [3.05, 3.63) is 76.4 Å². The van der Waals surface area contributed by atoms with Crippen molar-refractivity contribution in [1.82, 2.24) is 4.98 Å². The molecule has 1 aliphatic rings. The molecule has 1 aromatic heterocycles. The Morgan fingerprint density at radius 3 is 2.48 bits per heavy atom. The van der Waals surface area contributed by atoms with E-state index in [9.17, 15) is 0 Å². The quantitative estimate of drug-likeness (QED) is 0.546. The number of benzene rings is 2. The van der Waals surface area contributed by atoms with Crippen LogP contribution in [0.5, 0.6) is 0 Å². The van der Waals surface area contributed by atoms with Crippen molar-refractivity contribution in [2.45, 2.75) is 38.6 Å². The van der Waals surface area contributed by atoms with Gasteiger partial charge in [-0.05, 0) is 43.7 Å². The molecular formula is C22H21ClN2. The van der Waals surface area contributed by atoms with Gasteiger partial charge in [0.2, 0.25) is 0 Å². The predicted molar refractivity (Wildman–Crippen MR) is 106 cm³/mol. The average molecular weight is 349 g/mol. The molecule has 0 amide bonds. The van der Waals surface area contributed by atoms with Crippen LogP contribution in [0.3, 0.4) is 0 Å². The fraction of sp³-hybridized carbons (Fsp3) is 0.273. The SMILES string of the molecule is CC1(C)N=C(c2cnc3ccccc3c2)c2cc(Cl)ccc2C1(C)C. The maximum atomic E-state index is 6.32. The monoisotopic (exact) mass is 348 g/mol. The maximum absolute atomic E-state index is 6.32.